The van der Waals surface area contributed by atoms with Crippen LogP contribution in [0.2, 0.25) is 0 Å². The maximum Gasteiger partial charge on any atom is 0.0540 e. The first-order chi connectivity index (χ1) is 13.8. The van der Waals surface area contributed by atoms with Crippen molar-refractivity contribution in [2.45, 2.75) is 19.8 Å². The zero-order valence-corrected chi connectivity index (χ0v) is 16.1. The van der Waals surface area contributed by atoms with Crippen LogP contribution in [0.3, 0.4) is 0 Å². The summed E-state index contributed by atoms with van der Waals surface area (Å²) < 4.78 is 0. The first-order valence-electron chi connectivity index (χ1n) is 9.94. The lowest BCUT2D eigenvalue weighted by atomic mass is 9.94. The van der Waals surface area contributed by atoms with Gasteiger partial charge in [-0.05, 0) is 66.1 Å². The van der Waals surface area contributed by atoms with Gasteiger partial charge in [0, 0.05) is 16.8 Å². The molecule has 28 heavy (non-hydrogen) atoms. The molecular formula is C27H23N. The average molecular weight is 361 g/mol. The second-order valence-electron chi connectivity index (χ2n) is 7.46. The van der Waals surface area contributed by atoms with Crippen molar-refractivity contribution in [2.75, 3.05) is 4.90 Å². The summed E-state index contributed by atoms with van der Waals surface area (Å²) in [5, 5.41) is 2.54. The van der Waals surface area contributed by atoms with Crippen molar-refractivity contribution >= 4 is 33.9 Å². The van der Waals surface area contributed by atoms with Crippen LogP contribution in [-0.2, 0) is 6.42 Å². The highest BCUT2D eigenvalue weighted by Crippen LogP contribution is 2.42. The van der Waals surface area contributed by atoms with Gasteiger partial charge in [0.15, 0.2) is 0 Å². The van der Waals surface area contributed by atoms with Crippen LogP contribution in [0.1, 0.15) is 23.1 Å². The van der Waals surface area contributed by atoms with Gasteiger partial charge in [0.25, 0.3) is 0 Å². The number of rotatable bonds is 3. The standard InChI is InChI=1S/C27H23N/c1-20-9-6-14-23(19-20)28(26-17-7-12-21-10-2-4-15-24(21)26)27-18-8-13-22-11-3-5-16-25(22)27/h2-4,6-15,17-19H,5,16H2,1H3. The second-order valence-corrected chi connectivity index (χ2v) is 7.46. The van der Waals surface area contributed by atoms with Gasteiger partial charge in [-0.1, -0.05) is 72.8 Å². The molecule has 0 amide bonds. The summed E-state index contributed by atoms with van der Waals surface area (Å²) in [6.45, 7) is 2.16. The number of hydrogen-bond acceptors (Lipinski definition) is 1. The Morgan fingerprint density at radius 3 is 2.46 bits per heavy atom. The smallest absolute Gasteiger partial charge is 0.0540 e. The van der Waals surface area contributed by atoms with Crippen LogP contribution in [0.15, 0.2) is 91.0 Å². The van der Waals surface area contributed by atoms with Crippen LogP contribution in [-0.4, -0.2) is 0 Å². The molecule has 1 aliphatic rings. The van der Waals surface area contributed by atoms with Gasteiger partial charge in [-0.3, -0.25) is 0 Å². The fraction of sp³-hybridized carbons (Fsp3) is 0.111. The molecule has 4 aromatic carbocycles. The van der Waals surface area contributed by atoms with Crippen molar-refractivity contribution in [3.63, 3.8) is 0 Å². The molecule has 0 fully saturated rings. The van der Waals surface area contributed by atoms with Gasteiger partial charge in [0.05, 0.1) is 5.69 Å². The van der Waals surface area contributed by atoms with E-state index in [-0.39, 0.29) is 0 Å². The largest absolute Gasteiger partial charge is 0.310 e. The number of benzene rings is 4. The Balaban J connectivity index is 1.81. The van der Waals surface area contributed by atoms with E-state index in [0.29, 0.717) is 0 Å². The minimum absolute atomic E-state index is 1.08. The number of fused-ring (bicyclic) bond motifs is 2. The fourth-order valence-corrected chi connectivity index (χ4v) is 4.25. The molecule has 136 valence electrons. The molecule has 0 spiro atoms. The molecule has 1 heteroatoms. The third-order valence-corrected chi connectivity index (χ3v) is 5.55. The molecule has 0 aliphatic heterocycles. The molecule has 0 bridgehead atoms. The van der Waals surface area contributed by atoms with Crippen molar-refractivity contribution in [3.05, 3.63) is 108 Å². The first-order valence-corrected chi connectivity index (χ1v) is 9.94. The average Bonchev–Trinajstić information content (AvgIpc) is 2.74. The molecule has 4 aromatic rings. The predicted octanol–water partition coefficient (Wildman–Crippen LogP) is 7.58. The summed E-state index contributed by atoms with van der Waals surface area (Å²) in [5.41, 5.74) is 7.75. The third-order valence-electron chi connectivity index (χ3n) is 5.55. The Labute approximate surface area is 166 Å². The first kappa shape index (κ1) is 16.8. The van der Waals surface area contributed by atoms with Crippen molar-refractivity contribution in [2.24, 2.45) is 0 Å². The lowest BCUT2D eigenvalue weighted by Crippen LogP contribution is -2.14. The van der Waals surface area contributed by atoms with E-state index < -0.39 is 0 Å². The topological polar surface area (TPSA) is 3.24 Å². The Hall–Kier alpha value is -3.32. The zero-order chi connectivity index (χ0) is 18.9. The normalized spacial score (nSPS) is 12.8. The molecule has 1 aliphatic carbocycles. The Morgan fingerprint density at radius 2 is 1.54 bits per heavy atom. The van der Waals surface area contributed by atoms with Gasteiger partial charge in [-0.15, -0.1) is 0 Å². The van der Waals surface area contributed by atoms with Crippen molar-refractivity contribution in [3.8, 4) is 0 Å². The maximum absolute atomic E-state index is 2.44. The minimum atomic E-state index is 1.08. The second kappa shape index (κ2) is 7.01. The highest BCUT2D eigenvalue weighted by molar-refractivity contribution is 5.99. The number of allylic oxidation sites excluding steroid dienone is 1. The molecule has 0 radical (unpaired) electrons. The van der Waals surface area contributed by atoms with Crippen molar-refractivity contribution in [1.82, 2.24) is 0 Å². The van der Waals surface area contributed by atoms with E-state index in [1.54, 1.807) is 0 Å². The van der Waals surface area contributed by atoms with E-state index in [1.807, 2.05) is 0 Å². The quantitative estimate of drug-likeness (QED) is 0.363. The lowest BCUT2D eigenvalue weighted by molar-refractivity contribution is 0.979. The van der Waals surface area contributed by atoms with Gasteiger partial charge >= 0.3 is 0 Å². The molecule has 0 N–H and O–H groups in total. The minimum Gasteiger partial charge on any atom is -0.310 e. The summed E-state index contributed by atoms with van der Waals surface area (Å²) in [6.07, 6.45) is 6.72. The SMILES string of the molecule is Cc1cccc(N(c2cccc3c2CCC=C3)c2cccc3ccccc23)c1. The molecule has 1 nitrogen and oxygen atoms in total. The molecule has 0 saturated carbocycles. The van der Waals surface area contributed by atoms with E-state index in [0.717, 1.165) is 12.8 Å². The summed E-state index contributed by atoms with van der Waals surface area (Å²) >= 11 is 0. The number of aryl methyl sites for hydroxylation is 1. The van der Waals surface area contributed by atoms with Gasteiger partial charge in [-0.2, -0.15) is 0 Å². The van der Waals surface area contributed by atoms with Crippen LogP contribution in [0.5, 0.6) is 0 Å². The molecule has 0 saturated heterocycles. The highest BCUT2D eigenvalue weighted by Gasteiger charge is 2.20. The molecule has 0 heterocycles. The molecule has 0 aromatic heterocycles. The van der Waals surface area contributed by atoms with Crippen molar-refractivity contribution < 1.29 is 0 Å². The summed E-state index contributed by atoms with van der Waals surface area (Å²) in [6, 6.07) is 30.7. The zero-order valence-electron chi connectivity index (χ0n) is 16.1. The van der Waals surface area contributed by atoms with Gasteiger partial charge in [0.2, 0.25) is 0 Å². The maximum atomic E-state index is 2.44. The number of anilines is 3. The monoisotopic (exact) mass is 361 g/mol. The highest BCUT2D eigenvalue weighted by atomic mass is 15.1. The number of hydrogen-bond donors (Lipinski definition) is 0. The summed E-state index contributed by atoms with van der Waals surface area (Å²) in [5.74, 6) is 0. The van der Waals surface area contributed by atoms with E-state index in [4.69, 9.17) is 0 Å². The van der Waals surface area contributed by atoms with Crippen LogP contribution < -0.4 is 4.90 Å². The van der Waals surface area contributed by atoms with Gasteiger partial charge in [0.1, 0.15) is 0 Å². The van der Waals surface area contributed by atoms with E-state index in [9.17, 15) is 0 Å². The molecule has 0 atom stereocenters. The van der Waals surface area contributed by atoms with Crippen LogP contribution in [0, 0.1) is 6.92 Å². The third kappa shape index (κ3) is 2.90. The van der Waals surface area contributed by atoms with Crippen LogP contribution in [0.4, 0.5) is 17.1 Å². The molecule has 5 rings (SSSR count). The lowest BCUT2D eigenvalue weighted by Gasteiger charge is -2.30. The fourth-order valence-electron chi connectivity index (χ4n) is 4.25. The number of nitrogens with zero attached hydrogens (tertiary/aromatic N) is 1. The van der Waals surface area contributed by atoms with E-state index in [1.165, 1.54) is 44.5 Å². The molecule has 0 unspecified atom stereocenters. The van der Waals surface area contributed by atoms with E-state index in [2.05, 4.69) is 109 Å². The van der Waals surface area contributed by atoms with Crippen molar-refractivity contribution in [1.29, 1.82) is 0 Å². The van der Waals surface area contributed by atoms with Gasteiger partial charge in [-0.25, -0.2) is 0 Å². The van der Waals surface area contributed by atoms with E-state index >= 15 is 0 Å². The Morgan fingerprint density at radius 1 is 0.750 bits per heavy atom. The molecular weight excluding hydrogens is 338 g/mol. The van der Waals surface area contributed by atoms with Crippen LogP contribution in [0.25, 0.3) is 16.8 Å². The Bertz CT molecular complexity index is 1180. The Kier molecular flexibility index (Phi) is 4.21. The summed E-state index contributed by atoms with van der Waals surface area (Å²) in [7, 11) is 0. The van der Waals surface area contributed by atoms with Gasteiger partial charge < -0.3 is 4.90 Å². The summed E-state index contributed by atoms with van der Waals surface area (Å²) in [4.78, 5) is 2.44. The van der Waals surface area contributed by atoms with Crippen LogP contribution >= 0.6 is 0 Å². The predicted molar refractivity (Wildman–Crippen MR) is 121 cm³/mol.